The summed E-state index contributed by atoms with van der Waals surface area (Å²) in [4.78, 5) is 25.5. The molecule has 0 aliphatic rings. The molecule has 0 aromatic carbocycles. The predicted octanol–water partition coefficient (Wildman–Crippen LogP) is 6.82. The molecule has 208 valence electrons. The molecule has 0 saturated heterocycles. The molecule has 0 bridgehead atoms. The van der Waals surface area contributed by atoms with E-state index in [0.717, 1.165) is 77.4 Å². The predicted molar refractivity (Wildman–Crippen MR) is 145 cm³/mol. The Morgan fingerprint density at radius 3 is 1.54 bits per heavy atom. The molecule has 0 aromatic rings. The number of carbonyl (C=O) groups excluding carboxylic acids is 2. The van der Waals surface area contributed by atoms with Crippen LogP contribution in [0.3, 0.4) is 0 Å². The Bertz CT molecular complexity index is 472. The minimum Gasteiger partial charge on any atom is -0.466 e. The summed E-state index contributed by atoms with van der Waals surface area (Å²) < 4.78 is 10.3. The molecule has 0 amide bonds. The average Bonchev–Trinajstić information content (AvgIpc) is 2.84. The maximum absolute atomic E-state index is 11.8. The van der Waals surface area contributed by atoms with Crippen LogP contribution in [0.25, 0.3) is 0 Å². The van der Waals surface area contributed by atoms with Crippen molar-refractivity contribution >= 4 is 11.9 Å². The van der Waals surface area contributed by atoms with Crippen molar-refractivity contribution in [2.24, 2.45) is 0 Å². The Balaban J connectivity index is 3.53. The molecule has 0 fully saturated rings. The van der Waals surface area contributed by atoms with Crippen LogP contribution in [0.2, 0.25) is 0 Å². The number of unbranched alkanes of at least 4 members (excludes halogenated alkanes) is 14. The second kappa shape index (κ2) is 27.4. The number of aliphatic hydroxyl groups is 1. The van der Waals surface area contributed by atoms with Crippen LogP contribution in [0, 0.1) is 0 Å². The number of hydrogen-bond acceptors (Lipinski definition) is 6. The molecule has 1 N–H and O–H groups in total. The van der Waals surface area contributed by atoms with Crippen LogP contribution < -0.4 is 0 Å². The van der Waals surface area contributed by atoms with Crippen molar-refractivity contribution in [1.29, 1.82) is 0 Å². The van der Waals surface area contributed by atoms with Crippen LogP contribution in [0.1, 0.15) is 136 Å². The maximum Gasteiger partial charge on any atom is 0.305 e. The van der Waals surface area contributed by atoms with Gasteiger partial charge in [0, 0.05) is 19.4 Å². The van der Waals surface area contributed by atoms with E-state index in [9.17, 15) is 14.7 Å². The van der Waals surface area contributed by atoms with Gasteiger partial charge in [0.1, 0.15) is 0 Å². The molecule has 0 saturated carbocycles. The van der Waals surface area contributed by atoms with Crippen LogP contribution in [-0.2, 0) is 19.1 Å². The van der Waals surface area contributed by atoms with Crippen molar-refractivity contribution < 1.29 is 24.2 Å². The van der Waals surface area contributed by atoms with E-state index in [2.05, 4.69) is 11.8 Å². The zero-order valence-corrected chi connectivity index (χ0v) is 23.2. The van der Waals surface area contributed by atoms with Gasteiger partial charge in [0.15, 0.2) is 0 Å². The first-order chi connectivity index (χ1) is 17.1. The summed E-state index contributed by atoms with van der Waals surface area (Å²) in [6.07, 6.45) is 20.7. The van der Waals surface area contributed by atoms with Crippen molar-refractivity contribution in [3.05, 3.63) is 0 Å². The van der Waals surface area contributed by atoms with Crippen LogP contribution >= 0.6 is 0 Å². The third kappa shape index (κ3) is 25.8. The smallest absolute Gasteiger partial charge is 0.305 e. The van der Waals surface area contributed by atoms with Gasteiger partial charge >= 0.3 is 11.9 Å². The summed E-state index contributed by atoms with van der Waals surface area (Å²) in [6.45, 7) is 8.14. The van der Waals surface area contributed by atoms with E-state index in [4.69, 9.17) is 9.47 Å². The summed E-state index contributed by atoms with van der Waals surface area (Å²) in [5.41, 5.74) is 0. The summed E-state index contributed by atoms with van der Waals surface area (Å²) in [6, 6.07) is 0. The molecule has 0 aliphatic heterocycles. The van der Waals surface area contributed by atoms with E-state index in [1.807, 2.05) is 6.92 Å². The fourth-order valence-corrected chi connectivity index (χ4v) is 4.30. The van der Waals surface area contributed by atoms with Crippen molar-refractivity contribution in [2.75, 3.05) is 39.5 Å². The third-order valence-electron chi connectivity index (χ3n) is 6.44. The van der Waals surface area contributed by atoms with Crippen LogP contribution in [0.5, 0.6) is 0 Å². The molecule has 0 unspecified atom stereocenters. The zero-order chi connectivity index (χ0) is 25.8. The van der Waals surface area contributed by atoms with E-state index in [1.54, 1.807) is 0 Å². The fourth-order valence-electron chi connectivity index (χ4n) is 4.30. The van der Waals surface area contributed by atoms with Gasteiger partial charge in [-0.15, -0.1) is 0 Å². The largest absolute Gasteiger partial charge is 0.466 e. The van der Waals surface area contributed by atoms with Crippen molar-refractivity contribution in [1.82, 2.24) is 4.90 Å². The Morgan fingerprint density at radius 1 is 0.571 bits per heavy atom. The molecule has 0 aromatic heterocycles. The summed E-state index contributed by atoms with van der Waals surface area (Å²) >= 11 is 0. The van der Waals surface area contributed by atoms with E-state index >= 15 is 0 Å². The maximum atomic E-state index is 11.8. The number of aliphatic hydroxyl groups excluding tert-OH is 1. The Hall–Kier alpha value is -1.14. The number of hydrogen-bond donors (Lipinski definition) is 1. The molecule has 0 radical (unpaired) electrons. The number of nitrogens with zero attached hydrogens (tertiary/aromatic N) is 1. The number of rotatable bonds is 27. The minimum atomic E-state index is -0.0830. The number of carbonyl (C=O) groups is 2. The first-order valence-corrected chi connectivity index (χ1v) is 14.8. The van der Waals surface area contributed by atoms with E-state index in [1.165, 1.54) is 51.4 Å². The van der Waals surface area contributed by atoms with Gasteiger partial charge in [-0.3, -0.25) is 9.59 Å². The Kier molecular flexibility index (Phi) is 26.6. The Morgan fingerprint density at radius 2 is 1.03 bits per heavy atom. The molecule has 0 rings (SSSR count). The van der Waals surface area contributed by atoms with Crippen LogP contribution in [-0.4, -0.2) is 61.4 Å². The van der Waals surface area contributed by atoms with Gasteiger partial charge in [-0.1, -0.05) is 84.0 Å². The molecule has 6 nitrogen and oxygen atoms in total. The van der Waals surface area contributed by atoms with Gasteiger partial charge in [0.2, 0.25) is 0 Å². The zero-order valence-electron chi connectivity index (χ0n) is 23.2. The Labute approximate surface area is 216 Å². The van der Waals surface area contributed by atoms with Gasteiger partial charge in [-0.2, -0.15) is 0 Å². The molecule has 35 heavy (non-hydrogen) atoms. The molecule has 6 heteroatoms. The van der Waals surface area contributed by atoms with E-state index in [-0.39, 0.29) is 18.5 Å². The quantitative estimate of drug-likeness (QED) is 0.0987. The highest BCUT2D eigenvalue weighted by Gasteiger charge is 2.06. The lowest BCUT2D eigenvalue weighted by Crippen LogP contribution is -2.29. The average molecular weight is 500 g/mol. The van der Waals surface area contributed by atoms with Crippen LogP contribution in [0.15, 0.2) is 0 Å². The van der Waals surface area contributed by atoms with Crippen molar-refractivity contribution in [3.63, 3.8) is 0 Å². The van der Waals surface area contributed by atoms with Crippen molar-refractivity contribution in [2.45, 2.75) is 136 Å². The summed E-state index contributed by atoms with van der Waals surface area (Å²) in [5, 5.41) is 9.34. The van der Waals surface area contributed by atoms with Gasteiger partial charge in [-0.25, -0.2) is 0 Å². The lowest BCUT2D eigenvalue weighted by molar-refractivity contribution is -0.144. The minimum absolute atomic E-state index is 0.0361. The topological polar surface area (TPSA) is 76.1 Å². The third-order valence-corrected chi connectivity index (χ3v) is 6.44. The van der Waals surface area contributed by atoms with E-state index < -0.39 is 0 Å². The van der Waals surface area contributed by atoms with E-state index in [0.29, 0.717) is 26.1 Å². The highest BCUT2D eigenvalue weighted by atomic mass is 16.5. The van der Waals surface area contributed by atoms with Gasteiger partial charge in [-0.05, 0) is 52.1 Å². The molecular formula is C29H57NO5. The molecule has 0 aliphatic carbocycles. The van der Waals surface area contributed by atoms with Gasteiger partial charge < -0.3 is 19.5 Å². The molecule has 0 spiro atoms. The molecule has 0 heterocycles. The fraction of sp³-hybridized carbons (Fsp3) is 0.931. The lowest BCUT2D eigenvalue weighted by Gasteiger charge is -2.21. The normalized spacial score (nSPS) is 11.2. The van der Waals surface area contributed by atoms with Gasteiger partial charge in [0.05, 0.1) is 19.8 Å². The van der Waals surface area contributed by atoms with Crippen molar-refractivity contribution in [3.8, 4) is 0 Å². The SMILES string of the molecule is CCCCCCCCCOC(=O)CCCCCCCN(CCO)CCCCCCCC(=O)OCC. The summed E-state index contributed by atoms with van der Waals surface area (Å²) in [5.74, 6) is -0.119. The standard InChI is InChI=1S/C29H57NO5/c1-3-5-6-7-8-15-20-27-35-29(33)22-17-12-10-14-19-24-30(25-26-31)23-18-13-9-11-16-21-28(32)34-4-2/h31H,3-27H2,1-2H3. The molecular weight excluding hydrogens is 442 g/mol. The highest BCUT2D eigenvalue weighted by molar-refractivity contribution is 5.69. The van der Waals surface area contributed by atoms with Crippen LogP contribution in [0.4, 0.5) is 0 Å². The number of ether oxygens (including phenoxy) is 2. The lowest BCUT2D eigenvalue weighted by atomic mass is 10.1. The molecule has 0 atom stereocenters. The van der Waals surface area contributed by atoms with Gasteiger partial charge in [0.25, 0.3) is 0 Å². The number of esters is 2. The monoisotopic (exact) mass is 499 g/mol. The highest BCUT2D eigenvalue weighted by Crippen LogP contribution is 2.11. The first-order valence-electron chi connectivity index (χ1n) is 14.8. The summed E-state index contributed by atoms with van der Waals surface area (Å²) in [7, 11) is 0. The second-order valence-corrected chi connectivity index (χ2v) is 9.75. The second-order valence-electron chi connectivity index (χ2n) is 9.75. The first kappa shape index (κ1) is 33.9.